The zero-order valence-corrected chi connectivity index (χ0v) is 8.15. The van der Waals surface area contributed by atoms with E-state index >= 15 is 0 Å². The predicted octanol–water partition coefficient (Wildman–Crippen LogP) is 3.28. The summed E-state index contributed by atoms with van der Waals surface area (Å²) in [7, 11) is 0. The van der Waals surface area contributed by atoms with Gasteiger partial charge in [0.1, 0.15) is 0 Å². The van der Waals surface area contributed by atoms with E-state index in [0.29, 0.717) is 0 Å². The van der Waals surface area contributed by atoms with E-state index < -0.39 is 0 Å². The van der Waals surface area contributed by atoms with Gasteiger partial charge in [-0.3, -0.25) is 0 Å². The SMILES string of the molecule is CCc1cc(CC)c2c(c1)C2C. The molecule has 0 heterocycles. The summed E-state index contributed by atoms with van der Waals surface area (Å²) in [6.45, 7) is 6.79. The molecule has 0 aliphatic heterocycles. The van der Waals surface area contributed by atoms with Gasteiger partial charge in [0.15, 0.2) is 0 Å². The second-order valence-corrected chi connectivity index (χ2v) is 3.69. The number of fused-ring (bicyclic) bond motifs is 1. The van der Waals surface area contributed by atoms with Crippen molar-refractivity contribution < 1.29 is 0 Å². The smallest absolute Gasteiger partial charge is 0.00698 e. The summed E-state index contributed by atoms with van der Waals surface area (Å²) in [6, 6.07) is 4.75. The fraction of sp³-hybridized carbons (Fsp3) is 0.500. The Morgan fingerprint density at radius 3 is 2.50 bits per heavy atom. The molecule has 64 valence electrons. The highest BCUT2D eigenvalue weighted by Crippen LogP contribution is 2.46. The molecule has 0 aromatic heterocycles. The van der Waals surface area contributed by atoms with E-state index in [2.05, 4.69) is 32.9 Å². The van der Waals surface area contributed by atoms with Gasteiger partial charge in [0.25, 0.3) is 0 Å². The summed E-state index contributed by atoms with van der Waals surface area (Å²) in [4.78, 5) is 0. The summed E-state index contributed by atoms with van der Waals surface area (Å²) in [5, 5.41) is 0. The highest BCUT2D eigenvalue weighted by Gasteiger charge is 2.30. The van der Waals surface area contributed by atoms with Crippen molar-refractivity contribution in [2.45, 2.75) is 39.5 Å². The molecule has 0 nitrogen and oxygen atoms in total. The fourth-order valence-corrected chi connectivity index (χ4v) is 2.06. The molecule has 1 aromatic carbocycles. The van der Waals surface area contributed by atoms with Gasteiger partial charge in [-0.2, -0.15) is 0 Å². The molecular weight excluding hydrogens is 144 g/mol. The van der Waals surface area contributed by atoms with Gasteiger partial charge < -0.3 is 0 Å². The van der Waals surface area contributed by atoms with E-state index in [1.165, 1.54) is 18.4 Å². The van der Waals surface area contributed by atoms with Crippen molar-refractivity contribution in [3.8, 4) is 0 Å². The Morgan fingerprint density at radius 1 is 1.17 bits per heavy atom. The first kappa shape index (κ1) is 7.85. The van der Waals surface area contributed by atoms with E-state index in [0.717, 1.165) is 5.92 Å². The first-order valence-electron chi connectivity index (χ1n) is 4.93. The standard InChI is InChI=1S/C12H16/c1-4-9-6-10(5-2)12-8(3)11(12)7-9/h6-8H,4-5H2,1-3H3. The van der Waals surface area contributed by atoms with Crippen LogP contribution in [0, 0.1) is 0 Å². The predicted molar refractivity (Wildman–Crippen MR) is 52.7 cm³/mol. The molecule has 12 heavy (non-hydrogen) atoms. The van der Waals surface area contributed by atoms with E-state index in [-0.39, 0.29) is 0 Å². The maximum Gasteiger partial charge on any atom is 0.00698 e. The van der Waals surface area contributed by atoms with Crippen molar-refractivity contribution in [1.29, 1.82) is 0 Å². The molecule has 0 spiro atoms. The molecule has 0 N–H and O–H groups in total. The number of aryl methyl sites for hydroxylation is 2. The number of rotatable bonds is 2. The molecule has 0 bridgehead atoms. The van der Waals surface area contributed by atoms with Crippen LogP contribution in [0.5, 0.6) is 0 Å². The normalized spacial score (nSPS) is 19.1. The largest absolute Gasteiger partial charge is 0.0613 e. The van der Waals surface area contributed by atoms with E-state index in [9.17, 15) is 0 Å². The molecule has 0 radical (unpaired) electrons. The van der Waals surface area contributed by atoms with Gasteiger partial charge in [-0.1, -0.05) is 32.9 Å². The fourth-order valence-electron chi connectivity index (χ4n) is 2.06. The highest BCUT2D eigenvalue weighted by molar-refractivity contribution is 5.58. The lowest BCUT2D eigenvalue weighted by Crippen LogP contribution is -1.83. The lowest BCUT2D eigenvalue weighted by Gasteiger charge is -1.98. The Morgan fingerprint density at radius 2 is 1.92 bits per heavy atom. The van der Waals surface area contributed by atoms with Crippen molar-refractivity contribution in [2.75, 3.05) is 0 Å². The maximum atomic E-state index is 2.38. The Labute approximate surface area is 74.6 Å². The van der Waals surface area contributed by atoms with Gasteiger partial charge in [-0.25, -0.2) is 0 Å². The van der Waals surface area contributed by atoms with Crippen molar-refractivity contribution in [2.24, 2.45) is 0 Å². The second kappa shape index (κ2) is 2.62. The molecule has 2 rings (SSSR count). The third-order valence-electron chi connectivity index (χ3n) is 2.96. The average molecular weight is 160 g/mol. The molecule has 1 aromatic rings. The van der Waals surface area contributed by atoms with Crippen LogP contribution < -0.4 is 0 Å². The molecule has 1 unspecified atom stereocenters. The van der Waals surface area contributed by atoms with Gasteiger partial charge in [0, 0.05) is 5.92 Å². The van der Waals surface area contributed by atoms with Crippen LogP contribution in [0.3, 0.4) is 0 Å². The first-order valence-corrected chi connectivity index (χ1v) is 4.93. The Balaban J connectivity index is 2.45. The molecule has 1 atom stereocenters. The summed E-state index contributed by atoms with van der Waals surface area (Å²) in [5.74, 6) is 0.764. The van der Waals surface area contributed by atoms with E-state index in [1.807, 2.05) is 0 Å². The second-order valence-electron chi connectivity index (χ2n) is 3.69. The number of hydrogen-bond acceptors (Lipinski definition) is 0. The minimum absolute atomic E-state index is 0.764. The minimum Gasteiger partial charge on any atom is -0.0613 e. The Hall–Kier alpha value is -0.780. The van der Waals surface area contributed by atoms with Crippen molar-refractivity contribution in [3.63, 3.8) is 0 Å². The van der Waals surface area contributed by atoms with Crippen LogP contribution in [0.25, 0.3) is 0 Å². The molecular formula is C12H16. The Bertz CT molecular complexity index is 309. The monoisotopic (exact) mass is 160 g/mol. The minimum atomic E-state index is 0.764. The molecule has 1 aliphatic rings. The molecule has 0 amide bonds. The summed E-state index contributed by atoms with van der Waals surface area (Å²) >= 11 is 0. The number of hydrogen-bond donors (Lipinski definition) is 0. The van der Waals surface area contributed by atoms with Crippen LogP contribution in [0.4, 0.5) is 0 Å². The quantitative estimate of drug-likeness (QED) is 0.623. The lowest BCUT2D eigenvalue weighted by molar-refractivity contribution is 1.07. The third kappa shape index (κ3) is 0.979. The van der Waals surface area contributed by atoms with Gasteiger partial charge in [-0.05, 0) is 35.1 Å². The van der Waals surface area contributed by atoms with Crippen LogP contribution in [-0.2, 0) is 12.8 Å². The third-order valence-corrected chi connectivity index (χ3v) is 2.96. The number of benzene rings is 1. The van der Waals surface area contributed by atoms with Crippen molar-refractivity contribution in [1.82, 2.24) is 0 Å². The molecule has 0 saturated carbocycles. The van der Waals surface area contributed by atoms with Gasteiger partial charge in [-0.15, -0.1) is 0 Å². The van der Waals surface area contributed by atoms with Crippen LogP contribution in [0.2, 0.25) is 0 Å². The van der Waals surface area contributed by atoms with Crippen LogP contribution in [0.15, 0.2) is 12.1 Å². The van der Waals surface area contributed by atoms with Crippen LogP contribution in [0.1, 0.15) is 48.9 Å². The molecule has 0 saturated heterocycles. The molecule has 1 aliphatic carbocycles. The summed E-state index contributed by atoms with van der Waals surface area (Å²) in [5.41, 5.74) is 6.33. The zero-order chi connectivity index (χ0) is 8.72. The summed E-state index contributed by atoms with van der Waals surface area (Å²) in [6.07, 6.45) is 2.37. The topological polar surface area (TPSA) is 0 Å². The van der Waals surface area contributed by atoms with Gasteiger partial charge in [0.05, 0.1) is 0 Å². The highest BCUT2D eigenvalue weighted by atomic mass is 14.3. The van der Waals surface area contributed by atoms with Crippen molar-refractivity contribution >= 4 is 0 Å². The maximum absolute atomic E-state index is 2.38. The first-order chi connectivity index (χ1) is 5.77. The van der Waals surface area contributed by atoms with Crippen LogP contribution in [-0.4, -0.2) is 0 Å². The van der Waals surface area contributed by atoms with Gasteiger partial charge in [0.2, 0.25) is 0 Å². The zero-order valence-electron chi connectivity index (χ0n) is 8.15. The molecule has 0 heteroatoms. The Kier molecular flexibility index (Phi) is 1.71. The lowest BCUT2D eigenvalue weighted by atomic mass is 10.1. The molecule has 0 fully saturated rings. The van der Waals surface area contributed by atoms with E-state index in [1.54, 1.807) is 16.7 Å². The van der Waals surface area contributed by atoms with Gasteiger partial charge >= 0.3 is 0 Å². The average Bonchev–Trinajstić information content (AvgIpc) is 2.76. The van der Waals surface area contributed by atoms with Crippen molar-refractivity contribution in [3.05, 3.63) is 34.4 Å². The summed E-state index contributed by atoms with van der Waals surface area (Å²) < 4.78 is 0. The van der Waals surface area contributed by atoms with Crippen LogP contribution >= 0.6 is 0 Å². The van der Waals surface area contributed by atoms with E-state index in [4.69, 9.17) is 0 Å².